The Labute approximate surface area is 115 Å². The fourth-order valence-corrected chi connectivity index (χ4v) is 1.54. The molecule has 0 spiro atoms. The van der Waals surface area contributed by atoms with Gasteiger partial charge in [0.05, 0.1) is 0 Å². The summed E-state index contributed by atoms with van der Waals surface area (Å²) >= 11 is 0. The van der Waals surface area contributed by atoms with Crippen LogP contribution in [0.25, 0.3) is 0 Å². The molecular formula is C12H21Cl2FN2. The summed E-state index contributed by atoms with van der Waals surface area (Å²) in [7, 11) is 0. The molecular weight excluding hydrogens is 262 g/mol. The monoisotopic (exact) mass is 282 g/mol. The highest BCUT2D eigenvalue weighted by molar-refractivity contribution is 5.85. The first-order valence-electron chi connectivity index (χ1n) is 5.33. The lowest BCUT2D eigenvalue weighted by Gasteiger charge is -2.21. The first kappa shape index (κ1) is 19.0. The van der Waals surface area contributed by atoms with Crippen molar-refractivity contribution < 1.29 is 4.39 Å². The molecule has 0 saturated heterocycles. The summed E-state index contributed by atoms with van der Waals surface area (Å²) in [6.07, 6.45) is 2.11. The standard InChI is InChI=1S/C12H19FN2.2ClH/c13-12(9-14,10-15)8-4-7-11-5-2-1-3-6-11;;/h1-3,5-6H,4,7-10,14-15H2;2*1H. The first-order valence-corrected chi connectivity index (χ1v) is 5.33. The third kappa shape index (κ3) is 6.84. The predicted octanol–water partition coefficient (Wildman–Crippen LogP) is 2.48. The number of alkyl halides is 1. The lowest BCUT2D eigenvalue weighted by Crippen LogP contribution is -2.40. The van der Waals surface area contributed by atoms with E-state index in [1.165, 1.54) is 5.56 Å². The minimum atomic E-state index is -1.38. The third-order valence-corrected chi connectivity index (χ3v) is 2.66. The van der Waals surface area contributed by atoms with E-state index in [0.29, 0.717) is 6.42 Å². The number of nitrogens with two attached hydrogens (primary N) is 2. The summed E-state index contributed by atoms with van der Waals surface area (Å²) in [6.45, 7) is 0.0244. The van der Waals surface area contributed by atoms with Gasteiger partial charge in [-0.3, -0.25) is 0 Å². The molecule has 4 N–H and O–H groups in total. The molecule has 0 aliphatic heterocycles. The van der Waals surface area contributed by atoms with Gasteiger partial charge >= 0.3 is 0 Å². The average Bonchev–Trinajstić information content (AvgIpc) is 2.30. The second kappa shape index (κ2) is 9.66. The van der Waals surface area contributed by atoms with Gasteiger partial charge in [-0.25, -0.2) is 4.39 Å². The Morgan fingerprint density at radius 2 is 1.53 bits per heavy atom. The summed E-state index contributed by atoms with van der Waals surface area (Å²) in [5, 5.41) is 0. The number of aryl methyl sites for hydroxylation is 1. The number of halogens is 3. The van der Waals surface area contributed by atoms with Crippen LogP contribution >= 0.6 is 24.8 Å². The highest BCUT2D eigenvalue weighted by Gasteiger charge is 2.24. The Morgan fingerprint density at radius 1 is 1.00 bits per heavy atom. The maximum atomic E-state index is 13.7. The Kier molecular flexibility index (Phi) is 10.8. The van der Waals surface area contributed by atoms with Crippen LogP contribution in [0.5, 0.6) is 0 Å². The molecule has 0 aliphatic rings. The van der Waals surface area contributed by atoms with Gasteiger partial charge in [0.2, 0.25) is 0 Å². The topological polar surface area (TPSA) is 52.0 Å². The normalized spacial score (nSPS) is 10.3. The van der Waals surface area contributed by atoms with E-state index < -0.39 is 5.67 Å². The molecule has 0 amide bonds. The maximum Gasteiger partial charge on any atom is 0.135 e. The lowest BCUT2D eigenvalue weighted by molar-refractivity contribution is 0.166. The van der Waals surface area contributed by atoms with E-state index in [2.05, 4.69) is 0 Å². The van der Waals surface area contributed by atoms with Crippen LogP contribution in [-0.2, 0) is 6.42 Å². The Balaban J connectivity index is 0. The van der Waals surface area contributed by atoms with Crippen LogP contribution in [0.3, 0.4) is 0 Å². The molecule has 0 aromatic heterocycles. The smallest absolute Gasteiger partial charge is 0.135 e. The SMILES string of the molecule is Cl.Cl.NCC(F)(CN)CCCc1ccccc1. The molecule has 100 valence electrons. The van der Waals surface area contributed by atoms with Gasteiger partial charge in [-0.05, 0) is 24.8 Å². The Morgan fingerprint density at radius 3 is 2.00 bits per heavy atom. The number of rotatable bonds is 6. The van der Waals surface area contributed by atoms with Crippen molar-refractivity contribution in [2.75, 3.05) is 13.1 Å². The summed E-state index contributed by atoms with van der Waals surface area (Å²) in [4.78, 5) is 0. The molecule has 0 bridgehead atoms. The molecule has 17 heavy (non-hydrogen) atoms. The molecule has 0 atom stereocenters. The van der Waals surface area contributed by atoms with Gasteiger partial charge in [0.15, 0.2) is 0 Å². The van der Waals surface area contributed by atoms with Gasteiger partial charge in [-0.1, -0.05) is 30.3 Å². The van der Waals surface area contributed by atoms with Gasteiger partial charge in [-0.15, -0.1) is 24.8 Å². The van der Waals surface area contributed by atoms with Crippen molar-refractivity contribution in [1.82, 2.24) is 0 Å². The van der Waals surface area contributed by atoms with Gasteiger partial charge in [0.1, 0.15) is 5.67 Å². The van der Waals surface area contributed by atoms with E-state index in [1.54, 1.807) is 0 Å². The number of benzene rings is 1. The summed E-state index contributed by atoms with van der Waals surface area (Å²) in [5.41, 5.74) is 10.5. The molecule has 0 heterocycles. The second-order valence-electron chi connectivity index (χ2n) is 3.90. The summed E-state index contributed by atoms with van der Waals surface area (Å²) in [6, 6.07) is 10.0. The fraction of sp³-hybridized carbons (Fsp3) is 0.500. The van der Waals surface area contributed by atoms with Gasteiger partial charge in [-0.2, -0.15) is 0 Å². The molecule has 0 saturated carbocycles. The van der Waals surface area contributed by atoms with Crippen LogP contribution in [0.1, 0.15) is 18.4 Å². The summed E-state index contributed by atoms with van der Waals surface area (Å²) in [5.74, 6) is 0. The van der Waals surface area contributed by atoms with Crippen molar-refractivity contribution in [1.29, 1.82) is 0 Å². The molecule has 2 nitrogen and oxygen atoms in total. The van der Waals surface area contributed by atoms with Gasteiger partial charge < -0.3 is 11.5 Å². The highest BCUT2D eigenvalue weighted by atomic mass is 35.5. The third-order valence-electron chi connectivity index (χ3n) is 2.66. The molecule has 5 heteroatoms. The van der Waals surface area contributed by atoms with E-state index in [0.717, 1.165) is 12.8 Å². The Hall–Kier alpha value is -0.350. The van der Waals surface area contributed by atoms with Crippen molar-refractivity contribution >= 4 is 24.8 Å². The largest absolute Gasteiger partial charge is 0.327 e. The highest BCUT2D eigenvalue weighted by Crippen LogP contribution is 2.17. The van der Waals surface area contributed by atoms with Crippen LogP contribution in [-0.4, -0.2) is 18.8 Å². The van der Waals surface area contributed by atoms with Gasteiger partial charge in [0.25, 0.3) is 0 Å². The zero-order valence-electron chi connectivity index (χ0n) is 9.77. The Bertz CT molecular complexity index is 279. The minimum absolute atomic E-state index is 0. The molecule has 1 aromatic rings. The van der Waals surface area contributed by atoms with E-state index in [-0.39, 0.29) is 37.9 Å². The van der Waals surface area contributed by atoms with Crippen molar-refractivity contribution in [3.8, 4) is 0 Å². The van der Waals surface area contributed by atoms with E-state index in [9.17, 15) is 4.39 Å². The van der Waals surface area contributed by atoms with Crippen LogP contribution in [0.15, 0.2) is 30.3 Å². The molecule has 0 aliphatic carbocycles. The van der Waals surface area contributed by atoms with Crippen molar-refractivity contribution in [2.45, 2.75) is 24.9 Å². The number of hydrogen-bond donors (Lipinski definition) is 2. The zero-order chi connectivity index (χ0) is 11.1. The van der Waals surface area contributed by atoms with Crippen molar-refractivity contribution in [3.63, 3.8) is 0 Å². The minimum Gasteiger partial charge on any atom is -0.327 e. The number of hydrogen-bond acceptors (Lipinski definition) is 2. The van der Waals surface area contributed by atoms with Crippen LogP contribution < -0.4 is 11.5 Å². The quantitative estimate of drug-likeness (QED) is 0.842. The molecule has 0 fully saturated rings. The average molecular weight is 283 g/mol. The van der Waals surface area contributed by atoms with Gasteiger partial charge in [0, 0.05) is 13.1 Å². The first-order chi connectivity index (χ1) is 7.20. The van der Waals surface area contributed by atoms with E-state index >= 15 is 0 Å². The second-order valence-corrected chi connectivity index (χ2v) is 3.90. The lowest BCUT2D eigenvalue weighted by atomic mass is 9.97. The molecule has 0 radical (unpaired) electrons. The van der Waals surface area contributed by atoms with Crippen molar-refractivity contribution in [2.24, 2.45) is 11.5 Å². The van der Waals surface area contributed by atoms with Crippen LogP contribution in [0.4, 0.5) is 4.39 Å². The van der Waals surface area contributed by atoms with Crippen molar-refractivity contribution in [3.05, 3.63) is 35.9 Å². The maximum absolute atomic E-state index is 13.7. The molecule has 1 aromatic carbocycles. The molecule has 1 rings (SSSR count). The van der Waals surface area contributed by atoms with E-state index in [4.69, 9.17) is 11.5 Å². The summed E-state index contributed by atoms with van der Waals surface area (Å²) < 4.78 is 13.7. The molecule has 0 unspecified atom stereocenters. The van der Waals surface area contributed by atoms with E-state index in [1.807, 2.05) is 30.3 Å². The van der Waals surface area contributed by atoms with Crippen LogP contribution in [0.2, 0.25) is 0 Å². The zero-order valence-corrected chi connectivity index (χ0v) is 11.4. The van der Waals surface area contributed by atoms with Crippen LogP contribution in [0, 0.1) is 0 Å². The fourth-order valence-electron chi connectivity index (χ4n) is 1.54. The predicted molar refractivity (Wildman–Crippen MR) is 75.8 cm³/mol.